The zero-order chi connectivity index (χ0) is 33.8. The number of aliphatic imine (C=N–C) groups is 1. The van der Waals surface area contributed by atoms with E-state index in [1.54, 1.807) is 0 Å². The van der Waals surface area contributed by atoms with Gasteiger partial charge >= 0.3 is 12.1 Å². The quantitative estimate of drug-likeness (QED) is 0.0524. The van der Waals surface area contributed by atoms with Crippen LogP contribution in [0.5, 0.6) is 0 Å². The maximum Gasteiger partial charge on any atom is 0.407 e. The predicted octanol–water partition coefficient (Wildman–Crippen LogP) is 7.14. The number of carbonyl (C=O) groups is 3. The van der Waals surface area contributed by atoms with Gasteiger partial charge in [-0.05, 0) is 66.3 Å². The van der Waals surface area contributed by atoms with Crippen LogP contribution < -0.4 is 11.1 Å². The van der Waals surface area contributed by atoms with Crippen LogP contribution in [0.2, 0.25) is 0 Å². The van der Waals surface area contributed by atoms with E-state index >= 15 is 0 Å². The number of fused-ring (bicyclic) bond motifs is 3. The number of amidine groups is 1. The molecule has 4 rings (SSSR count). The first-order valence-corrected chi connectivity index (χ1v) is 18.8. The number of nitrogens with zero attached hydrogens (tertiary/aromatic N) is 1. The number of alkyl carbamates (subject to hydrolysis) is 1. The van der Waals surface area contributed by atoms with E-state index in [0.29, 0.717) is 31.6 Å². The Bertz CT molecular complexity index is 1480. The molecule has 0 heterocycles. The van der Waals surface area contributed by atoms with Crippen molar-refractivity contribution in [2.45, 2.75) is 58.1 Å². The number of ketones is 1. The maximum atomic E-state index is 13.8. The number of esters is 1. The minimum absolute atomic E-state index is 0.0402. The van der Waals surface area contributed by atoms with Gasteiger partial charge in [-0.15, -0.1) is 7.92 Å². The van der Waals surface area contributed by atoms with Gasteiger partial charge in [-0.3, -0.25) is 14.6 Å². The van der Waals surface area contributed by atoms with Gasteiger partial charge in [-0.2, -0.15) is 0 Å². The number of Topliss-reactive ketones (excluding diaryl/α,β-unsaturated/α-hetero) is 1. The van der Waals surface area contributed by atoms with Crippen LogP contribution in [0.1, 0.15) is 62.1 Å². The lowest BCUT2D eigenvalue weighted by Crippen LogP contribution is -2.43. The first-order valence-electron chi connectivity index (χ1n) is 16.4. The third-order valence-electron chi connectivity index (χ3n) is 8.23. The van der Waals surface area contributed by atoms with Crippen molar-refractivity contribution in [2.75, 3.05) is 32.6 Å². The van der Waals surface area contributed by atoms with Crippen molar-refractivity contribution in [3.8, 4) is 11.1 Å². The highest BCUT2D eigenvalue weighted by Crippen LogP contribution is 2.44. The van der Waals surface area contributed by atoms with Crippen molar-refractivity contribution < 1.29 is 23.9 Å². The van der Waals surface area contributed by atoms with Crippen molar-refractivity contribution >= 4 is 31.6 Å². The monoisotopic (exact) mass is 657 g/mol. The van der Waals surface area contributed by atoms with E-state index in [2.05, 4.69) is 47.9 Å². The molecule has 8 nitrogen and oxygen atoms in total. The average Bonchev–Trinajstić information content (AvgIpc) is 3.37. The minimum Gasteiger partial charge on any atom is -0.461 e. The molecule has 47 heavy (non-hydrogen) atoms. The number of hydrogen-bond donors (Lipinski definition) is 2. The number of nitrogens with one attached hydrogen (secondary N) is 1. The van der Waals surface area contributed by atoms with Crippen molar-refractivity contribution in [3.05, 3.63) is 95.6 Å². The average molecular weight is 658 g/mol. The summed E-state index contributed by atoms with van der Waals surface area (Å²) in [7, 11) is -0.205. The molecule has 1 aliphatic rings. The zero-order valence-electron chi connectivity index (χ0n) is 28.0. The molecule has 0 saturated carbocycles. The van der Waals surface area contributed by atoms with Crippen LogP contribution in [-0.2, 0) is 25.7 Å². The number of nitrogens with two attached hydrogens (primary N) is 1. The lowest BCUT2D eigenvalue weighted by molar-refractivity contribution is -0.152. The maximum absolute atomic E-state index is 13.8. The van der Waals surface area contributed by atoms with Crippen molar-refractivity contribution in [1.82, 2.24) is 5.32 Å². The summed E-state index contributed by atoms with van der Waals surface area (Å²) in [5.41, 5.74) is 11.4. The Labute approximate surface area is 280 Å². The molecule has 0 spiro atoms. The van der Waals surface area contributed by atoms with Crippen LogP contribution in [0, 0.1) is 11.8 Å². The van der Waals surface area contributed by atoms with E-state index in [1.807, 2.05) is 68.4 Å². The first kappa shape index (κ1) is 35.8. The van der Waals surface area contributed by atoms with Crippen LogP contribution in [0.3, 0.4) is 0 Å². The molecule has 0 unspecified atom stereocenters. The lowest BCUT2D eigenvalue weighted by atomic mass is 9.89. The number of amides is 1. The molecule has 0 saturated heterocycles. The molecule has 2 atom stereocenters. The summed E-state index contributed by atoms with van der Waals surface area (Å²) < 4.78 is 11.4. The highest BCUT2D eigenvalue weighted by atomic mass is 31.1. The Hall–Kier alpha value is -4.03. The van der Waals surface area contributed by atoms with Crippen LogP contribution in [-0.4, -0.2) is 62.4 Å². The Morgan fingerprint density at radius 3 is 2.13 bits per heavy atom. The standard InChI is InChI=1S/C38H48N3O5P/c1-26(2)21-28(37(43)45-23-27-13-6-5-7-14-27)22-35(42)34(19-12-20-40-36(39)25-47(3)4)41-38(44)46-24-33-31-17-10-8-15-29(31)30-16-9-11-18-32(30)33/h5-11,13-18,26,28,33-34H,12,19-25H2,1-4H3,(H2,39,40)(H,41,44)/t28-,34-/m1/s1. The predicted molar refractivity (Wildman–Crippen MR) is 190 cm³/mol. The third kappa shape index (κ3) is 10.8. The molecule has 0 fully saturated rings. The minimum atomic E-state index is -0.840. The van der Waals surface area contributed by atoms with Crippen molar-refractivity contribution in [2.24, 2.45) is 22.6 Å². The molecule has 0 bridgehead atoms. The van der Waals surface area contributed by atoms with Crippen LogP contribution in [0.25, 0.3) is 11.1 Å². The smallest absolute Gasteiger partial charge is 0.407 e. The Balaban J connectivity index is 1.42. The second-order valence-electron chi connectivity index (χ2n) is 12.9. The fourth-order valence-corrected chi connectivity index (χ4v) is 6.80. The number of carbonyl (C=O) groups excluding carboxylic acids is 3. The topological polar surface area (TPSA) is 120 Å². The first-order chi connectivity index (χ1) is 22.6. The third-order valence-corrected chi connectivity index (χ3v) is 9.19. The summed E-state index contributed by atoms with van der Waals surface area (Å²) in [5.74, 6) is -0.596. The Morgan fingerprint density at radius 1 is 0.894 bits per heavy atom. The summed E-state index contributed by atoms with van der Waals surface area (Å²) in [6.07, 6.45) is 1.44. The summed E-state index contributed by atoms with van der Waals surface area (Å²) in [6.45, 7) is 9.03. The Morgan fingerprint density at radius 2 is 1.51 bits per heavy atom. The summed E-state index contributed by atoms with van der Waals surface area (Å²) >= 11 is 0. The van der Waals surface area contributed by atoms with E-state index in [4.69, 9.17) is 15.2 Å². The summed E-state index contributed by atoms with van der Waals surface area (Å²) in [6, 6.07) is 24.9. The summed E-state index contributed by atoms with van der Waals surface area (Å²) in [5, 5.41) is 2.83. The molecular weight excluding hydrogens is 609 g/mol. The zero-order valence-corrected chi connectivity index (χ0v) is 28.9. The normalized spacial score (nSPS) is 14.0. The largest absolute Gasteiger partial charge is 0.461 e. The molecule has 0 radical (unpaired) electrons. The molecule has 1 amide bonds. The van der Waals surface area contributed by atoms with Gasteiger partial charge in [0.1, 0.15) is 13.2 Å². The van der Waals surface area contributed by atoms with E-state index < -0.39 is 24.0 Å². The van der Waals surface area contributed by atoms with Gasteiger partial charge in [-0.1, -0.05) is 92.7 Å². The number of rotatable bonds is 17. The molecule has 3 aromatic rings. The molecule has 0 aliphatic heterocycles. The van der Waals surface area contributed by atoms with Gasteiger partial charge in [0, 0.05) is 25.0 Å². The number of hydrogen-bond acceptors (Lipinski definition) is 6. The number of ether oxygens (including phenoxy) is 2. The van der Waals surface area contributed by atoms with Crippen LogP contribution in [0.4, 0.5) is 4.79 Å². The van der Waals surface area contributed by atoms with E-state index in [1.165, 1.54) is 0 Å². The summed E-state index contributed by atoms with van der Waals surface area (Å²) in [4.78, 5) is 44.7. The molecule has 3 N–H and O–H groups in total. The second kappa shape index (κ2) is 17.8. The molecular formula is C38H48N3O5P. The second-order valence-corrected chi connectivity index (χ2v) is 15.3. The molecule has 250 valence electrons. The van der Waals surface area contributed by atoms with Crippen LogP contribution >= 0.6 is 7.92 Å². The van der Waals surface area contributed by atoms with E-state index in [9.17, 15) is 14.4 Å². The lowest BCUT2D eigenvalue weighted by Gasteiger charge is -2.22. The Kier molecular flexibility index (Phi) is 13.5. The fourth-order valence-electron chi connectivity index (χ4n) is 6.05. The SMILES string of the molecule is CC(C)C[C@H](CC(=O)[C@@H](CCCN=C(N)CP(C)C)NC(=O)OCC1c2ccccc2-c2ccccc21)C(=O)OCc1ccccc1. The number of benzene rings is 3. The van der Waals surface area contributed by atoms with Crippen molar-refractivity contribution in [1.29, 1.82) is 0 Å². The van der Waals surface area contributed by atoms with Gasteiger partial charge in [0.2, 0.25) is 0 Å². The van der Waals surface area contributed by atoms with Gasteiger partial charge < -0.3 is 20.5 Å². The highest BCUT2D eigenvalue weighted by molar-refractivity contribution is 7.57. The van der Waals surface area contributed by atoms with Crippen molar-refractivity contribution in [3.63, 3.8) is 0 Å². The van der Waals surface area contributed by atoms with Gasteiger partial charge in [-0.25, -0.2) is 4.79 Å². The van der Waals surface area contributed by atoms with Gasteiger partial charge in [0.25, 0.3) is 0 Å². The van der Waals surface area contributed by atoms with Crippen LogP contribution in [0.15, 0.2) is 83.9 Å². The fraction of sp³-hybridized carbons (Fsp3) is 0.421. The molecule has 1 aliphatic carbocycles. The highest BCUT2D eigenvalue weighted by Gasteiger charge is 2.31. The molecule has 9 heteroatoms. The van der Waals surface area contributed by atoms with E-state index in [-0.39, 0.29) is 45.2 Å². The molecule has 0 aromatic heterocycles. The molecule has 3 aromatic carbocycles. The van der Waals surface area contributed by atoms with Gasteiger partial charge in [0.15, 0.2) is 5.78 Å². The van der Waals surface area contributed by atoms with E-state index in [0.717, 1.165) is 34.0 Å². The van der Waals surface area contributed by atoms with Gasteiger partial charge in [0.05, 0.1) is 17.8 Å².